The Morgan fingerprint density at radius 2 is 1.41 bits per heavy atom. The van der Waals surface area contributed by atoms with Crippen molar-refractivity contribution in [1.82, 2.24) is 9.78 Å². The number of aromatic nitrogens is 2. The number of rotatable bonds is 5. The highest BCUT2D eigenvalue weighted by Gasteiger charge is 2.13. The molecule has 0 bridgehead atoms. The van der Waals surface area contributed by atoms with Crippen LogP contribution in [0.4, 0.5) is 22.7 Å². The Morgan fingerprint density at radius 3 is 1.93 bits per heavy atom. The van der Waals surface area contributed by atoms with E-state index in [9.17, 15) is 25.0 Å². The Morgan fingerprint density at radius 1 is 0.889 bits per heavy atom. The second kappa shape index (κ2) is 7.00. The Bertz CT molecular complexity index is 1100. The molecule has 11 nitrogen and oxygen atoms in total. The third-order valence-corrected chi connectivity index (χ3v) is 3.69. The average molecular weight is 368 g/mol. The van der Waals surface area contributed by atoms with Gasteiger partial charge in [-0.25, -0.2) is 4.68 Å². The van der Waals surface area contributed by atoms with Crippen LogP contribution in [0.15, 0.2) is 63.6 Å². The van der Waals surface area contributed by atoms with Gasteiger partial charge < -0.3 is 0 Å². The quantitative estimate of drug-likeness (QED) is 0.414. The van der Waals surface area contributed by atoms with Crippen LogP contribution in [-0.2, 0) is 0 Å². The molecule has 0 atom stereocenters. The molecule has 0 aliphatic heterocycles. The molecule has 0 unspecified atom stereocenters. The Kier molecular flexibility index (Phi) is 4.58. The maximum absolute atomic E-state index is 12.5. The van der Waals surface area contributed by atoms with E-state index in [2.05, 4.69) is 15.3 Å². The molecule has 0 spiro atoms. The van der Waals surface area contributed by atoms with Crippen molar-refractivity contribution in [3.63, 3.8) is 0 Å². The minimum Gasteiger partial charge on any atom is -0.293 e. The molecule has 0 saturated carbocycles. The summed E-state index contributed by atoms with van der Waals surface area (Å²) in [5.74, 6) is 0. The van der Waals surface area contributed by atoms with Crippen LogP contribution in [0.2, 0.25) is 0 Å². The predicted octanol–water partition coefficient (Wildman–Crippen LogP) is 3.71. The van der Waals surface area contributed by atoms with Gasteiger partial charge in [0.1, 0.15) is 0 Å². The van der Waals surface area contributed by atoms with Gasteiger partial charge in [-0.05, 0) is 31.2 Å². The van der Waals surface area contributed by atoms with Crippen molar-refractivity contribution < 1.29 is 9.85 Å². The Labute approximate surface area is 150 Å². The first-order valence-electron chi connectivity index (χ1n) is 7.59. The second-order valence-electron chi connectivity index (χ2n) is 5.47. The SMILES string of the molecule is Cc1[nH]n(-c2ccc([N+](=O)[O-])cc2)c(=O)c1N=Nc1ccc([N+](=O)[O-])cc1. The molecule has 136 valence electrons. The third-order valence-electron chi connectivity index (χ3n) is 3.69. The molecule has 3 rings (SSSR count). The van der Waals surface area contributed by atoms with Gasteiger partial charge in [0.05, 0.1) is 26.9 Å². The number of H-pyrrole nitrogens is 1. The van der Waals surface area contributed by atoms with Crippen LogP contribution < -0.4 is 5.56 Å². The van der Waals surface area contributed by atoms with Crippen molar-refractivity contribution in [2.24, 2.45) is 10.2 Å². The summed E-state index contributed by atoms with van der Waals surface area (Å²) >= 11 is 0. The zero-order chi connectivity index (χ0) is 19.6. The first-order chi connectivity index (χ1) is 12.9. The molecule has 0 aliphatic carbocycles. The summed E-state index contributed by atoms with van der Waals surface area (Å²) in [6.07, 6.45) is 0. The van der Waals surface area contributed by atoms with Gasteiger partial charge in [0.15, 0.2) is 5.69 Å². The molecule has 1 N–H and O–H groups in total. The fraction of sp³-hybridized carbons (Fsp3) is 0.0625. The van der Waals surface area contributed by atoms with Gasteiger partial charge in [-0.3, -0.25) is 30.1 Å². The number of nitrogens with one attached hydrogen (secondary N) is 1. The second-order valence-corrected chi connectivity index (χ2v) is 5.47. The Hall–Kier alpha value is -4.15. The lowest BCUT2D eigenvalue weighted by Crippen LogP contribution is -2.13. The molecule has 27 heavy (non-hydrogen) atoms. The van der Waals surface area contributed by atoms with Crippen LogP contribution in [0.3, 0.4) is 0 Å². The maximum Gasteiger partial charge on any atom is 0.299 e. The molecule has 3 aromatic rings. The molecule has 0 amide bonds. The van der Waals surface area contributed by atoms with Crippen LogP contribution in [0.25, 0.3) is 5.69 Å². The van der Waals surface area contributed by atoms with Crippen molar-refractivity contribution in [2.45, 2.75) is 6.92 Å². The molecule has 0 aliphatic rings. The van der Waals surface area contributed by atoms with Gasteiger partial charge in [-0.2, -0.15) is 5.11 Å². The van der Waals surface area contributed by atoms with E-state index < -0.39 is 15.4 Å². The lowest BCUT2D eigenvalue weighted by molar-refractivity contribution is -0.385. The van der Waals surface area contributed by atoms with Gasteiger partial charge in [-0.1, -0.05) is 0 Å². The lowest BCUT2D eigenvalue weighted by atomic mass is 10.3. The highest BCUT2D eigenvalue weighted by molar-refractivity contribution is 5.47. The van der Waals surface area contributed by atoms with Crippen LogP contribution in [0.5, 0.6) is 0 Å². The van der Waals surface area contributed by atoms with E-state index >= 15 is 0 Å². The molecule has 0 radical (unpaired) electrons. The van der Waals surface area contributed by atoms with E-state index in [1.165, 1.54) is 53.2 Å². The largest absolute Gasteiger partial charge is 0.299 e. The summed E-state index contributed by atoms with van der Waals surface area (Å²) in [6, 6.07) is 10.9. The summed E-state index contributed by atoms with van der Waals surface area (Å²) in [5.41, 5.74) is 0.621. The summed E-state index contributed by atoms with van der Waals surface area (Å²) in [6.45, 7) is 1.63. The summed E-state index contributed by atoms with van der Waals surface area (Å²) < 4.78 is 1.20. The first-order valence-corrected chi connectivity index (χ1v) is 7.59. The van der Waals surface area contributed by atoms with Crippen LogP contribution in [-0.4, -0.2) is 19.6 Å². The molecule has 0 saturated heterocycles. The molecule has 0 fully saturated rings. The van der Waals surface area contributed by atoms with Gasteiger partial charge in [0, 0.05) is 24.3 Å². The standard InChI is InChI=1S/C16H12N6O5/c1-10-15(18-17-11-2-4-13(5-3-11)21(24)25)16(23)20(19-10)12-6-8-14(9-7-12)22(26)27/h2-9,19H,1H3. The van der Waals surface area contributed by atoms with E-state index in [0.29, 0.717) is 17.1 Å². The van der Waals surface area contributed by atoms with E-state index in [4.69, 9.17) is 0 Å². The third kappa shape index (κ3) is 3.61. The number of aromatic amines is 1. The van der Waals surface area contributed by atoms with Gasteiger partial charge in [0.25, 0.3) is 16.9 Å². The van der Waals surface area contributed by atoms with E-state index in [1.807, 2.05) is 0 Å². The fourth-order valence-electron chi connectivity index (χ4n) is 2.31. The fourth-order valence-corrected chi connectivity index (χ4v) is 2.31. The minimum absolute atomic E-state index is 0.0618. The number of hydrogen-bond acceptors (Lipinski definition) is 7. The Balaban J connectivity index is 1.90. The monoisotopic (exact) mass is 368 g/mol. The molecule has 11 heteroatoms. The number of aryl methyl sites for hydroxylation is 1. The lowest BCUT2D eigenvalue weighted by Gasteiger charge is -2.00. The molecule has 1 heterocycles. The number of benzene rings is 2. The van der Waals surface area contributed by atoms with Crippen molar-refractivity contribution in [2.75, 3.05) is 0 Å². The normalized spacial score (nSPS) is 11.0. The number of nitrogens with zero attached hydrogens (tertiary/aromatic N) is 5. The molecule has 2 aromatic carbocycles. The van der Waals surface area contributed by atoms with E-state index in [0.717, 1.165) is 0 Å². The van der Waals surface area contributed by atoms with Gasteiger partial charge in [0.2, 0.25) is 0 Å². The zero-order valence-corrected chi connectivity index (χ0v) is 13.9. The van der Waals surface area contributed by atoms with Crippen molar-refractivity contribution in [3.8, 4) is 5.69 Å². The van der Waals surface area contributed by atoms with E-state index in [-0.39, 0.29) is 17.1 Å². The predicted molar refractivity (Wildman–Crippen MR) is 95.1 cm³/mol. The average Bonchev–Trinajstić information content (AvgIpc) is 2.94. The van der Waals surface area contributed by atoms with Crippen molar-refractivity contribution >= 4 is 22.7 Å². The number of hydrogen-bond donors (Lipinski definition) is 1. The number of nitro benzene ring substituents is 2. The van der Waals surface area contributed by atoms with Crippen LogP contribution in [0.1, 0.15) is 5.69 Å². The number of nitro groups is 2. The highest BCUT2D eigenvalue weighted by atomic mass is 16.6. The molecular weight excluding hydrogens is 356 g/mol. The first kappa shape index (κ1) is 17.7. The molecule has 1 aromatic heterocycles. The summed E-state index contributed by atoms with van der Waals surface area (Å²) in [4.78, 5) is 32.8. The molecular formula is C16H12N6O5. The summed E-state index contributed by atoms with van der Waals surface area (Å²) in [7, 11) is 0. The number of non-ortho nitro benzene ring substituents is 2. The highest BCUT2D eigenvalue weighted by Crippen LogP contribution is 2.22. The van der Waals surface area contributed by atoms with Gasteiger partial charge >= 0.3 is 0 Å². The smallest absolute Gasteiger partial charge is 0.293 e. The van der Waals surface area contributed by atoms with Crippen LogP contribution >= 0.6 is 0 Å². The zero-order valence-electron chi connectivity index (χ0n) is 13.9. The van der Waals surface area contributed by atoms with Crippen molar-refractivity contribution in [1.29, 1.82) is 0 Å². The topological polar surface area (TPSA) is 149 Å². The maximum atomic E-state index is 12.5. The van der Waals surface area contributed by atoms with Crippen LogP contribution in [0, 0.1) is 27.2 Å². The van der Waals surface area contributed by atoms with Gasteiger partial charge in [-0.15, -0.1) is 5.11 Å². The summed E-state index contributed by atoms with van der Waals surface area (Å²) in [5, 5.41) is 32.0. The number of azo groups is 1. The van der Waals surface area contributed by atoms with Crippen molar-refractivity contribution in [3.05, 3.63) is 84.8 Å². The van der Waals surface area contributed by atoms with E-state index in [1.54, 1.807) is 6.92 Å². The minimum atomic E-state index is -0.531.